The van der Waals surface area contributed by atoms with Crippen molar-refractivity contribution in [2.24, 2.45) is 0 Å². The Bertz CT molecular complexity index is 6.85. The van der Waals surface area contributed by atoms with E-state index < -0.39 is 0 Å². The summed E-state index contributed by atoms with van der Waals surface area (Å²) >= 11 is 0. The van der Waals surface area contributed by atoms with Gasteiger partial charge < -0.3 is 15.7 Å². The van der Waals surface area contributed by atoms with Crippen LogP contribution in [0.25, 0.3) is 0 Å². The Kier molecular flexibility index (Phi) is 801. The van der Waals surface area contributed by atoms with Gasteiger partial charge in [0.2, 0.25) is 0 Å². The van der Waals surface area contributed by atoms with Gasteiger partial charge in [-0.1, -0.05) is 0 Å². The maximum Gasteiger partial charge on any atom is 2.00 e. The molecule has 0 atom stereocenters. The molecule has 0 radical (unpaired) electrons. The van der Waals surface area contributed by atoms with Crippen LogP contribution in [0.5, 0.6) is 0 Å². The van der Waals surface area contributed by atoms with Crippen LogP contribution >= 0.6 is 0 Å². The van der Waals surface area contributed by atoms with Crippen LogP contribution in [0, 0.1) is 0 Å². The summed E-state index contributed by atoms with van der Waals surface area (Å²) in [7, 11) is 0. The molecule has 0 unspecified atom stereocenters. The van der Waals surface area contributed by atoms with E-state index in [1.165, 1.54) is 0 Å². The molecule has 0 heterocycles. The zero-order chi connectivity index (χ0) is 2.00. The number of carbonyl (C=O) groups excluding carboxylic acids is 1. The smallest absolute Gasteiger partial charge is 0.870 e. The second kappa shape index (κ2) is 99.5. The first-order valence-corrected chi connectivity index (χ1v) is 0.289. The van der Waals surface area contributed by atoms with Crippen LogP contribution in [0.3, 0.4) is 0 Å². The van der Waals surface area contributed by atoms with Crippen LogP contribution < -0.4 is 0 Å². The van der Waals surface area contributed by atoms with E-state index in [0.717, 1.165) is 0 Å². The van der Waals surface area contributed by atoms with E-state index in [1.807, 2.05) is 6.79 Å². The maximum absolute atomic E-state index is 8.00. The normalized spacial score (nSPS) is 0.800. The van der Waals surface area contributed by atoms with Gasteiger partial charge >= 0.3 is 37.7 Å². The van der Waals surface area contributed by atoms with Gasteiger partial charge in [-0.3, -0.25) is 0 Å². The second-order valence-corrected chi connectivity index (χ2v) is 0. The molecule has 3 nitrogen and oxygen atoms in total. The quantitative estimate of drug-likeness (QED) is 0.373. The monoisotopic (exact) mass is 104 g/mol. The molecule has 0 aliphatic carbocycles. The van der Waals surface area contributed by atoms with Gasteiger partial charge in [-0.05, 0) is 0 Å². The number of carbonyl (C=O) groups is 1. The molecule has 0 fully saturated rings. The third-order valence-electron chi connectivity index (χ3n) is 0. The molecule has 4 heteroatoms. The largest absolute Gasteiger partial charge is 2.00 e. The summed E-state index contributed by atoms with van der Waals surface area (Å²) in [5.41, 5.74) is 0. The first kappa shape index (κ1) is 40.2. The van der Waals surface area contributed by atoms with Crippen molar-refractivity contribution in [3.63, 3.8) is 0 Å². The van der Waals surface area contributed by atoms with Crippen molar-refractivity contribution in [3.8, 4) is 0 Å². The molecule has 0 bridgehead atoms. The van der Waals surface area contributed by atoms with Gasteiger partial charge in [0.1, 0.15) is 6.79 Å². The molecule has 0 saturated carbocycles. The molecular formula is CH4CaO3. The number of rotatable bonds is 0. The van der Waals surface area contributed by atoms with E-state index >= 15 is 0 Å². The molecule has 0 aromatic carbocycles. The second-order valence-electron chi connectivity index (χ2n) is 0. The fourth-order valence-corrected chi connectivity index (χ4v) is 0. The Morgan fingerprint density at radius 1 is 1.00 bits per heavy atom. The summed E-state index contributed by atoms with van der Waals surface area (Å²) in [5.74, 6) is 0. The first-order valence-electron chi connectivity index (χ1n) is 0.289. The zero-order valence-electron chi connectivity index (χ0n) is 2.72. The van der Waals surface area contributed by atoms with Crippen LogP contribution in [0.15, 0.2) is 0 Å². The Hall–Kier alpha value is 0.850. The molecular weight excluding hydrogens is 100 g/mol. The SMILES string of the molecule is C=O.[Ca+2].[OH-].[OH-]. The van der Waals surface area contributed by atoms with Gasteiger partial charge in [0, 0.05) is 0 Å². The standard InChI is InChI=1S/CH2O.Ca.2H2O/c1-2;;;/h1H2;;2*1H2/q;+2;;/p-2. The van der Waals surface area contributed by atoms with Crippen molar-refractivity contribution in [2.75, 3.05) is 0 Å². The minimum absolute atomic E-state index is 0. The maximum atomic E-state index is 8.00. The molecule has 0 aliphatic heterocycles. The molecule has 0 saturated heterocycles. The van der Waals surface area contributed by atoms with E-state index in [9.17, 15) is 0 Å². The van der Waals surface area contributed by atoms with Gasteiger partial charge in [-0.15, -0.1) is 0 Å². The zero-order valence-corrected chi connectivity index (χ0v) is 4.93. The third kappa shape index (κ3) is 54.5. The average Bonchev–Trinajstić information content (AvgIpc) is 1.00. The van der Waals surface area contributed by atoms with Gasteiger partial charge in [-0.2, -0.15) is 0 Å². The van der Waals surface area contributed by atoms with Crippen LogP contribution in [0.1, 0.15) is 0 Å². The Morgan fingerprint density at radius 3 is 1.00 bits per heavy atom. The summed E-state index contributed by atoms with van der Waals surface area (Å²) < 4.78 is 0. The topological polar surface area (TPSA) is 77.1 Å². The van der Waals surface area contributed by atoms with E-state index in [-0.39, 0.29) is 48.7 Å². The van der Waals surface area contributed by atoms with Gasteiger partial charge in [0.15, 0.2) is 0 Å². The molecule has 0 aromatic heterocycles. The number of hydrogen-bond acceptors (Lipinski definition) is 3. The molecule has 0 rings (SSSR count). The van der Waals surface area contributed by atoms with Gasteiger partial charge in [0.05, 0.1) is 0 Å². The third-order valence-corrected chi connectivity index (χ3v) is 0. The van der Waals surface area contributed by atoms with E-state index in [4.69, 9.17) is 4.79 Å². The van der Waals surface area contributed by atoms with E-state index in [1.54, 1.807) is 0 Å². The summed E-state index contributed by atoms with van der Waals surface area (Å²) in [6.45, 7) is 2.00. The van der Waals surface area contributed by atoms with E-state index in [0.29, 0.717) is 0 Å². The van der Waals surface area contributed by atoms with Crippen molar-refractivity contribution < 1.29 is 15.7 Å². The van der Waals surface area contributed by atoms with Crippen LogP contribution in [0.2, 0.25) is 0 Å². The Balaban J connectivity index is -0.00000000167. The fraction of sp³-hybridized carbons (Fsp3) is 0. The van der Waals surface area contributed by atoms with E-state index in [2.05, 4.69) is 0 Å². The van der Waals surface area contributed by atoms with Crippen LogP contribution in [0.4, 0.5) is 0 Å². The first-order chi connectivity index (χ1) is 1.00. The predicted molar refractivity (Wildman–Crippen MR) is 16.7 cm³/mol. The van der Waals surface area contributed by atoms with Crippen molar-refractivity contribution >= 4 is 44.5 Å². The summed E-state index contributed by atoms with van der Waals surface area (Å²) in [6, 6.07) is 0. The Morgan fingerprint density at radius 2 is 1.00 bits per heavy atom. The molecule has 2 N–H and O–H groups in total. The van der Waals surface area contributed by atoms with Gasteiger partial charge in [0.25, 0.3) is 0 Å². The van der Waals surface area contributed by atoms with Crippen molar-refractivity contribution in [1.29, 1.82) is 0 Å². The molecule has 5 heavy (non-hydrogen) atoms. The minimum Gasteiger partial charge on any atom is -0.870 e. The molecule has 0 aliphatic rings. The molecule has 0 amide bonds. The Labute approximate surface area is 60.0 Å². The predicted octanol–water partition coefficient (Wildman–Crippen LogP) is -0.919. The van der Waals surface area contributed by atoms with Crippen molar-refractivity contribution in [1.82, 2.24) is 0 Å². The summed E-state index contributed by atoms with van der Waals surface area (Å²) in [5, 5.41) is 0. The van der Waals surface area contributed by atoms with Gasteiger partial charge in [-0.25, -0.2) is 0 Å². The van der Waals surface area contributed by atoms with Crippen molar-refractivity contribution in [2.45, 2.75) is 0 Å². The average molecular weight is 104 g/mol. The number of hydrogen-bond donors (Lipinski definition) is 0. The van der Waals surface area contributed by atoms with Crippen LogP contribution in [-0.4, -0.2) is 55.5 Å². The van der Waals surface area contributed by atoms with Crippen molar-refractivity contribution in [3.05, 3.63) is 0 Å². The fourth-order valence-electron chi connectivity index (χ4n) is 0. The van der Waals surface area contributed by atoms with Crippen LogP contribution in [-0.2, 0) is 4.79 Å². The minimum atomic E-state index is 0. The molecule has 28 valence electrons. The summed E-state index contributed by atoms with van der Waals surface area (Å²) in [4.78, 5) is 8.00. The molecule has 0 spiro atoms. The molecule has 0 aromatic rings. The summed E-state index contributed by atoms with van der Waals surface area (Å²) in [6.07, 6.45) is 0.